The van der Waals surface area contributed by atoms with Gasteiger partial charge in [-0.2, -0.15) is 0 Å². The zero-order chi connectivity index (χ0) is 13.0. The maximum Gasteiger partial charge on any atom is 0.166 e. The van der Waals surface area contributed by atoms with E-state index in [1.54, 1.807) is 6.07 Å². The highest BCUT2D eigenvalue weighted by Crippen LogP contribution is 2.23. The second kappa shape index (κ2) is 5.45. The molecule has 2 nitrogen and oxygen atoms in total. The smallest absolute Gasteiger partial charge is 0.166 e. The Bertz CT molecular complexity index is 550. The van der Waals surface area contributed by atoms with Gasteiger partial charge in [-0.25, -0.2) is 4.39 Å². The van der Waals surface area contributed by atoms with Gasteiger partial charge in [0.15, 0.2) is 5.78 Å². The molecular weight excluding hydrogens is 231 g/mol. The average Bonchev–Trinajstić information content (AvgIpc) is 2.37. The normalized spacial score (nSPS) is 10.1. The standard InChI is InChI=1S/C15H13FO2/c1-11(17)15-13(16)8-5-9-14(15)18-10-12-6-3-2-4-7-12/h2-9H,10H2,1H3. The van der Waals surface area contributed by atoms with Crippen molar-refractivity contribution in [3.05, 3.63) is 65.5 Å². The molecule has 0 N–H and O–H groups in total. The van der Waals surface area contributed by atoms with Crippen LogP contribution in [0.5, 0.6) is 5.75 Å². The molecule has 0 heterocycles. The lowest BCUT2D eigenvalue weighted by Gasteiger charge is -2.10. The lowest BCUT2D eigenvalue weighted by atomic mass is 10.1. The van der Waals surface area contributed by atoms with Gasteiger partial charge in [-0.1, -0.05) is 36.4 Å². The number of ether oxygens (including phenoxy) is 1. The van der Waals surface area contributed by atoms with Crippen molar-refractivity contribution >= 4 is 5.78 Å². The van der Waals surface area contributed by atoms with Crippen LogP contribution in [0.3, 0.4) is 0 Å². The van der Waals surface area contributed by atoms with Crippen LogP contribution >= 0.6 is 0 Å². The first-order chi connectivity index (χ1) is 8.68. The summed E-state index contributed by atoms with van der Waals surface area (Å²) >= 11 is 0. The Morgan fingerprint density at radius 3 is 2.50 bits per heavy atom. The molecule has 92 valence electrons. The molecule has 0 aliphatic heterocycles. The fourth-order valence-electron chi connectivity index (χ4n) is 1.70. The number of benzene rings is 2. The first-order valence-corrected chi connectivity index (χ1v) is 5.64. The molecule has 0 aliphatic rings. The van der Waals surface area contributed by atoms with Crippen LogP contribution < -0.4 is 4.74 Å². The SMILES string of the molecule is CC(=O)c1c(F)cccc1OCc1ccccc1. The summed E-state index contributed by atoms with van der Waals surface area (Å²) < 4.78 is 19.0. The predicted octanol–water partition coefficient (Wildman–Crippen LogP) is 3.61. The van der Waals surface area contributed by atoms with Crippen molar-refractivity contribution in [3.8, 4) is 5.75 Å². The van der Waals surface area contributed by atoms with Gasteiger partial charge in [0, 0.05) is 0 Å². The zero-order valence-corrected chi connectivity index (χ0v) is 10.0. The third-order valence-corrected chi connectivity index (χ3v) is 2.56. The molecule has 0 radical (unpaired) electrons. The van der Waals surface area contributed by atoms with Gasteiger partial charge in [-0.05, 0) is 24.6 Å². The van der Waals surface area contributed by atoms with Gasteiger partial charge < -0.3 is 4.74 Å². The molecule has 0 aliphatic carbocycles. The summed E-state index contributed by atoms with van der Waals surface area (Å²) in [6, 6.07) is 13.9. The van der Waals surface area contributed by atoms with Gasteiger partial charge in [0.1, 0.15) is 18.2 Å². The maximum absolute atomic E-state index is 13.5. The third kappa shape index (κ3) is 2.74. The number of hydrogen-bond acceptors (Lipinski definition) is 2. The Labute approximate surface area is 105 Å². The van der Waals surface area contributed by atoms with E-state index in [9.17, 15) is 9.18 Å². The molecule has 0 saturated heterocycles. The quantitative estimate of drug-likeness (QED) is 0.768. The van der Waals surface area contributed by atoms with Crippen molar-refractivity contribution in [2.45, 2.75) is 13.5 Å². The Morgan fingerprint density at radius 1 is 1.11 bits per heavy atom. The molecule has 0 spiro atoms. The third-order valence-electron chi connectivity index (χ3n) is 2.56. The molecule has 2 aromatic carbocycles. The van der Waals surface area contributed by atoms with Gasteiger partial charge in [0.2, 0.25) is 0 Å². The van der Waals surface area contributed by atoms with Crippen LogP contribution in [-0.2, 0) is 6.61 Å². The largest absolute Gasteiger partial charge is 0.488 e. The molecule has 0 saturated carbocycles. The summed E-state index contributed by atoms with van der Waals surface area (Å²) in [6.07, 6.45) is 0. The van der Waals surface area contributed by atoms with Crippen LogP contribution in [0.25, 0.3) is 0 Å². The number of halogens is 1. The van der Waals surface area contributed by atoms with E-state index in [0.717, 1.165) is 5.56 Å². The molecule has 2 aromatic rings. The van der Waals surface area contributed by atoms with E-state index in [0.29, 0.717) is 6.61 Å². The van der Waals surface area contributed by atoms with Crippen molar-refractivity contribution in [1.29, 1.82) is 0 Å². The molecule has 2 rings (SSSR count). The van der Waals surface area contributed by atoms with E-state index in [1.165, 1.54) is 19.1 Å². The van der Waals surface area contributed by atoms with Crippen molar-refractivity contribution in [3.63, 3.8) is 0 Å². The topological polar surface area (TPSA) is 26.3 Å². The highest BCUT2D eigenvalue weighted by Gasteiger charge is 2.13. The summed E-state index contributed by atoms with van der Waals surface area (Å²) in [7, 11) is 0. The molecule has 0 fully saturated rings. The van der Waals surface area contributed by atoms with Crippen molar-refractivity contribution in [2.24, 2.45) is 0 Å². The summed E-state index contributed by atoms with van der Waals surface area (Å²) in [5, 5.41) is 0. The second-order valence-electron chi connectivity index (χ2n) is 3.94. The van der Waals surface area contributed by atoms with E-state index < -0.39 is 5.82 Å². The molecule has 0 unspecified atom stereocenters. The van der Waals surface area contributed by atoms with Crippen molar-refractivity contribution in [1.82, 2.24) is 0 Å². The van der Waals surface area contributed by atoms with Gasteiger partial charge in [-0.15, -0.1) is 0 Å². The van der Waals surface area contributed by atoms with Gasteiger partial charge >= 0.3 is 0 Å². The van der Waals surface area contributed by atoms with Crippen molar-refractivity contribution in [2.75, 3.05) is 0 Å². The fraction of sp³-hybridized carbons (Fsp3) is 0.133. The minimum absolute atomic E-state index is 0.00781. The molecule has 0 atom stereocenters. The first kappa shape index (κ1) is 12.3. The summed E-state index contributed by atoms with van der Waals surface area (Å²) in [4.78, 5) is 11.4. The van der Waals surface area contributed by atoms with Crippen LogP contribution in [0.4, 0.5) is 4.39 Å². The number of carbonyl (C=O) groups excluding carboxylic acids is 1. The molecule has 3 heteroatoms. The molecule has 0 bridgehead atoms. The second-order valence-corrected chi connectivity index (χ2v) is 3.94. The summed E-state index contributed by atoms with van der Waals surface area (Å²) in [5.74, 6) is -0.601. The van der Waals surface area contributed by atoms with Gasteiger partial charge in [0.05, 0.1) is 5.56 Å². The Hall–Kier alpha value is -2.16. The monoisotopic (exact) mass is 244 g/mol. The number of carbonyl (C=O) groups is 1. The van der Waals surface area contributed by atoms with E-state index in [1.807, 2.05) is 30.3 Å². The lowest BCUT2D eigenvalue weighted by molar-refractivity contribution is 0.100. The van der Waals surface area contributed by atoms with E-state index in [2.05, 4.69) is 0 Å². The van der Waals surface area contributed by atoms with Gasteiger partial charge in [0.25, 0.3) is 0 Å². The van der Waals surface area contributed by atoms with Crippen molar-refractivity contribution < 1.29 is 13.9 Å². The van der Waals surface area contributed by atoms with Gasteiger partial charge in [-0.3, -0.25) is 4.79 Å². The van der Waals surface area contributed by atoms with Crippen LogP contribution in [0.15, 0.2) is 48.5 Å². The molecule has 0 aromatic heterocycles. The highest BCUT2D eigenvalue weighted by molar-refractivity contribution is 5.97. The summed E-state index contributed by atoms with van der Waals surface area (Å²) in [6.45, 7) is 1.64. The maximum atomic E-state index is 13.5. The molecule has 0 amide bonds. The predicted molar refractivity (Wildman–Crippen MR) is 67.2 cm³/mol. The number of hydrogen-bond donors (Lipinski definition) is 0. The Kier molecular flexibility index (Phi) is 3.72. The lowest BCUT2D eigenvalue weighted by Crippen LogP contribution is -2.04. The first-order valence-electron chi connectivity index (χ1n) is 5.64. The number of rotatable bonds is 4. The Balaban J connectivity index is 2.20. The molecular formula is C15H13FO2. The van der Waals surface area contributed by atoms with Crippen LogP contribution in [0.2, 0.25) is 0 Å². The minimum Gasteiger partial charge on any atom is -0.488 e. The van der Waals surface area contributed by atoms with Crippen LogP contribution in [-0.4, -0.2) is 5.78 Å². The minimum atomic E-state index is -0.548. The van der Waals surface area contributed by atoms with E-state index in [4.69, 9.17) is 4.74 Å². The van der Waals surface area contributed by atoms with E-state index in [-0.39, 0.29) is 17.1 Å². The highest BCUT2D eigenvalue weighted by atomic mass is 19.1. The van der Waals surface area contributed by atoms with E-state index >= 15 is 0 Å². The zero-order valence-electron chi connectivity index (χ0n) is 10.0. The van der Waals surface area contributed by atoms with Crippen LogP contribution in [0, 0.1) is 5.82 Å². The number of Topliss-reactive ketones (excluding diaryl/α,β-unsaturated/α-hetero) is 1. The Morgan fingerprint density at radius 2 is 1.83 bits per heavy atom. The number of ketones is 1. The van der Waals surface area contributed by atoms with Crippen LogP contribution in [0.1, 0.15) is 22.8 Å². The fourth-order valence-corrected chi connectivity index (χ4v) is 1.70. The molecule has 18 heavy (non-hydrogen) atoms. The average molecular weight is 244 g/mol. The summed E-state index contributed by atoms with van der Waals surface area (Å²) in [5.41, 5.74) is 0.977.